The van der Waals surface area contributed by atoms with E-state index in [4.69, 9.17) is 16.3 Å². The molecule has 0 radical (unpaired) electrons. The first-order chi connectivity index (χ1) is 9.17. The van der Waals surface area contributed by atoms with Crippen LogP contribution in [0.5, 0.6) is 5.75 Å². The third-order valence-electron chi connectivity index (χ3n) is 4.04. The molecule has 1 saturated carbocycles. The van der Waals surface area contributed by atoms with Crippen molar-refractivity contribution in [2.45, 2.75) is 12.8 Å². The third-order valence-corrected chi connectivity index (χ3v) is 4.27. The Bertz CT molecular complexity index is 541. The van der Waals surface area contributed by atoms with Crippen molar-refractivity contribution in [2.75, 3.05) is 12.4 Å². The molecule has 0 aliphatic heterocycles. The van der Waals surface area contributed by atoms with E-state index >= 15 is 0 Å². The molecule has 3 nitrogen and oxygen atoms in total. The summed E-state index contributed by atoms with van der Waals surface area (Å²) in [6.45, 7) is 0. The highest BCUT2D eigenvalue weighted by Gasteiger charge is 2.39. The molecule has 1 amide bonds. The summed E-state index contributed by atoms with van der Waals surface area (Å²) in [5.41, 5.74) is 0.645. The normalized spacial score (nSPS) is 27.6. The molecule has 0 heterocycles. The van der Waals surface area contributed by atoms with Crippen molar-refractivity contribution in [2.24, 2.45) is 17.8 Å². The fourth-order valence-electron chi connectivity index (χ4n) is 3.09. The minimum atomic E-state index is 0.0671. The van der Waals surface area contributed by atoms with Crippen molar-refractivity contribution in [1.82, 2.24) is 0 Å². The maximum Gasteiger partial charge on any atom is 0.228 e. The number of fused-ring (bicyclic) bond motifs is 2. The lowest BCUT2D eigenvalue weighted by atomic mass is 9.93. The van der Waals surface area contributed by atoms with Crippen LogP contribution in [0.15, 0.2) is 30.4 Å². The Kier molecular flexibility index (Phi) is 3.23. The highest BCUT2D eigenvalue weighted by Crippen LogP contribution is 2.44. The average molecular weight is 278 g/mol. The lowest BCUT2D eigenvalue weighted by Crippen LogP contribution is -2.26. The standard InChI is InChI=1S/C15H16ClNO2/c1-19-14-5-4-11(16)8-13(14)17-15(18)12-7-9-2-3-10(12)6-9/h2-5,8-10,12H,6-7H2,1H3,(H,17,18). The van der Waals surface area contributed by atoms with Gasteiger partial charge in [0.1, 0.15) is 5.75 Å². The van der Waals surface area contributed by atoms with Crippen LogP contribution < -0.4 is 10.1 Å². The summed E-state index contributed by atoms with van der Waals surface area (Å²) in [4.78, 5) is 12.3. The Balaban J connectivity index is 1.76. The van der Waals surface area contributed by atoms with Gasteiger partial charge in [-0.2, -0.15) is 0 Å². The summed E-state index contributed by atoms with van der Waals surface area (Å²) in [5, 5.41) is 3.53. The molecule has 3 atom stereocenters. The zero-order chi connectivity index (χ0) is 13.4. The second kappa shape index (κ2) is 4.89. The summed E-state index contributed by atoms with van der Waals surface area (Å²) >= 11 is 5.96. The maximum absolute atomic E-state index is 12.3. The number of rotatable bonds is 3. The monoisotopic (exact) mass is 277 g/mol. The quantitative estimate of drug-likeness (QED) is 0.859. The molecule has 1 N–H and O–H groups in total. The van der Waals surface area contributed by atoms with Gasteiger partial charge in [-0.05, 0) is 42.9 Å². The summed E-state index contributed by atoms with van der Waals surface area (Å²) in [5.74, 6) is 1.77. The van der Waals surface area contributed by atoms with E-state index in [1.165, 1.54) is 0 Å². The first-order valence-electron chi connectivity index (χ1n) is 6.50. The number of hydrogen-bond acceptors (Lipinski definition) is 2. The third kappa shape index (κ3) is 2.35. The molecule has 3 rings (SSSR count). The molecule has 0 aromatic heterocycles. The number of hydrogen-bond donors (Lipinski definition) is 1. The molecule has 1 aromatic carbocycles. The van der Waals surface area contributed by atoms with E-state index in [0.717, 1.165) is 12.8 Å². The number of ether oxygens (including phenoxy) is 1. The highest BCUT2D eigenvalue weighted by atomic mass is 35.5. The molecule has 1 fully saturated rings. The number of benzene rings is 1. The molecule has 2 aliphatic carbocycles. The van der Waals surface area contributed by atoms with E-state index in [0.29, 0.717) is 28.3 Å². The number of carbonyl (C=O) groups is 1. The van der Waals surface area contributed by atoms with Crippen LogP contribution in [-0.4, -0.2) is 13.0 Å². The Morgan fingerprint density at radius 1 is 1.37 bits per heavy atom. The maximum atomic E-state index is 12.3. The van der Waals surface area contributed by atoms with E-state index in [2.05, 4.69) is 17.5 Å². The van der Waals surface area contributed by atoms with E-state index in [9.17, 15) is 4.79 Å². The number of halogens is 1. The molecule has 0 saturated heterocycles. The number of methoxy groups -OCH3 is 1. The summed E-state index contributed by atoms with van der Waals surface area (Å²) in [7, 11) is 1.58. The fraction of sp³-hybridized carbons (Fsp3) is 0.400. The van der Waals surface area contributed by atoms with Gasteiger partial charge >= 0.3 is 0 Å². The lowest BCUT2D eigenvalue weighted by molar-refractivity contribution is -0.120. The first-order valence-corrected chi connectivity index (χ1v) is 6.88. The Labute approximate surface area is 117 Å². The molecule has 19 heavy (non-hydrogen) atoms. The van der Waals surface area contributed by atoms with Gasteiger partial charge in [0.05, 0.1) is 12.8 Å². The average Bonchev–Trinajstić information content (AvgIpc) is 3.01. The smallest absolute Gasteiger partial charge is 0.228 e. The predicted octanol–water partition coefficient (Wildman–Crippen LogP) is 3.50. The van der Waals surface area contributed by atoms with E-state index in [1.807, 2.05) is 0 Å². The first kappa shape index (κ1) is 12.5. The van der Waals surface area contributed by atoms with Gasteiger partial charge in [0, 0.05) is 10.9 Å². The molecular weight excluding hydrogens is 262 g/mol. The van der Waals surface area contributed by atoms with Crippen LogP contribution in [0.3, 0.4) is 0 Å². The van der Waals surface area contributed by atoms with Gasteiger partial charge in [-0.3, -0.25) is 4.79 Å². The van der Waals surface area contributed by atoms with Gasteiger partial charge in [0.25, 0.3) is 0 Å². The summed E-state index contributed by atoms with van der Waals surface area (Å²) < 4.78 is 5.24. The van der Waals surface area contributed by atoms with Crippen LogP contribution in [0.2, 0.25) is 5.02 Å². The van der Waals surface area contributed by atoms with E-state index in [1.54, 1.807) is 25.3 Å². The van der Waals surface area contributed by atoms with Crippen molar-refractivity contribution in [1.29, 1.82) is 0 Å². The molecule has 0 spiro atoms. The van der Waals surface area contributed by atoms with Gasteiger partial charge in [-0.25, -0.2) is 0 Å². The van der Waals surface area contributed by atoms with Crippen LogP contribution in [0.4, 0.5) is 5.69 Å². The molecule has 4 heteroatoms. The van der Waals surface area contributed by atoms with E-state index < -0.39 is 0 Å². The summed E-state index contributed by atoms with van der Waals surface area (Å²) in [6.07, 6.45) is 6.47. The Hall–Kier alpha value is -1.48. The minimum absolute atomic E-state index is 0.0671. The topological polar surface area (TPSA) is 38.3 Å². The van der Waals surface area contributed by atoms with E-state index in [-0.39, 0.29) is 11.8 Å². The molecule has 1 aromatic rings. The van der Waals surface area contributed by atoms with Crippen molar-refractivity contribution in [3.63, 3.8) is 0 Å². The van der Waals surface area contributed by atoms with Crippen molar-refractivity contribution >= 4 is 23.2 Å². The Morgan fingerprint density at radius 2 is 2.21 bits per heavy atom. The van der Waals surface area contributed by atoms with Gasteiger partial charge in [0.15, 0.2) is 0 Å². The number of anilines is 1. The second-order valence-electron chi connectivity index (χ2n) is 5.22. The second-order valence-corrected chi connectivity index (χ2v) is 5.66. The largest absolute Gasteiger partial charge is 0.495 e. The minimum Gasteiger partial charge on any atom is -0.495 e. The van der Waals surface area contributed by atoms with Crippen LogP contribution in [0.1, 0.15) is 12.8 Å². The van der Waals surface area contributed by atoms with Gasteiger partial charge in [-0.15, -0.1) is 0 Å². The van der Waals surface area contributed by atoms with Crippen molar-refractivity contribution < 1.29 is 9.53 Å². The zero-order valence-electron chi connectivity index (χ0n) is 10.7. The Morgan fingerprint density at radius 3 is 2.84 bits per heavy atom. The molecular formula is C15H16ClNO2. The molecule has 3 unspecified atom stereocenters. The fourth-order valence-corrected chi connectivity index (χ4v) is 3.26. The predicted molar refractivity (Wildman–Crippen MR) is 75.5 cm³/mol. The number of allylic oxidation sites excluding steroid dienone is 2. The molecule has 100 valence electrons. The zero-order valence-corrected chi connectivity index (χ0v) is 11.5. The van der Waals surface area contributed by atoms with Crippen molar-refractivity contribution in [3.05, 3.63) is 35.4 Å². The van der Waals surface area contributed by atoms with Gasteiger partial charge in [-0.1, -0.05) is 23.8 Å². The van der Waals surface area contributed by atoms with Crippen molar-refractivity contribution in [3.8, 4) is 5.75 Å². The molecule has 2 aliphatic rings. The molecule has 2 bridgehead atoms. The van der Waals surface area contributed by atoms with Crippen LogP contribution in [0.25, 0.3) is 0 Å². The highest BCUT2D eigenvalue weighted by molar-refractivity contribution is 6.31. The van der Waals surface area contributed by atoms with Crippen LogP contribution in [-0.2, 0) is 4.79 Å². The number of amides is 1. The van der Waals surface area contributed by atoms with Gasteiger partial charge in [0.2, 0.25) is 5.91 Å². The van der Waals surface area contributed by atoms with Gasteiger partial charge < -0.3 is 10.1 Å². The summed E-state index contributed by atoms with van der Waals surface area (Å²) in [6, 6.07) is 5.23. The lowest BCUT2D eigenvalue weighted by Gasteiger charge is -2.18. The number of carbonyl (C=O) groups excluding carboxylic acids is 1. The number of nitrogens with one attached hydrogen (secondary N) is 1. The van der Waals surface area contributed by atoms with Crippen LogP contribution in [0, 0.1) is 17.8 Å². The SMILES string of the molecule is COc1ccc(Cl)cc1NC(=O)C1CC2C=CC1C2. The van der Waals surface area contributed by atoms with Crippen LogP contribution >= 0.6 is 11.6 Å².